The lowest BCUT2D eigenvalue weighted by atomic mass is 10.1. The van der Waals surface area contributed by atoms with Crippen molar-refractivity contribution in [3.63, 3.8) is 0 Å². The zero-order valence-corrected chi connectivity index (χ0v) is 11.0. The fraction of sp³-hybridized carbons (Fsp3) is 0.308. The number of rotatable bonds is 2. The first-order chi connectivity index (χ1) is 8.02. The predicted octanol–water partition coefficient (Wildman–Crippen LogP) is 2.91. The number of aromatic nitrogens is 2. The van der Waals surface area contributed by atoms with E-state index in [1.165, 1.54) is 0 Å². The topological polar surface area (TPSA) is 43.8 Å². The standard InChI is InChI=1S/C13H16ClN3/c1-8-4-9(2)13(12(14)5-8)17-7-11(6-15)10(3)16-17/h4-5,7H,6,15H2,1-3H3. The minimum Gasteiger partial charge on any atom is -0.326 e. The van der Waals surface area contributed by atoms with Gasteiger partial charge in [0.15, 0.2) is 0 Å². The van der Waals surface area contributed by atoms with Gasteiger partial charge in [-0.25, -0.2) is 4.68 Å². The van der Waals surface area contributed by atoms with E-state index in [-0.39, 0.29) is 0 Å². The monoisotopic (exact) mass is 249 g/mol. The van der Waals surface area contributed by atoms with Crippen molar-refractivity contribution in [3.05, 3.63) is 45.7 Å². The molecular weight excluding hydrogens is 234 g/mol. The first-order valence-electron chi connectivity index (χ1n) is 5.55. The van der Waals surface area contributed by atoms with Gasteiger partial charge in [-0.15, -0.1) is 0 Å². The predicted molar refractivity (Wildman–Crippen MR) is 70.7 cm³/mol. The molecule has 3 nitrogen and oxygen atoms in total. The summed E-state index contributed by atoms with van der Waals surface area (Å²) in [7, 11) is 0. The Labute approximate surface area is 106 Å². The first-order valence-corrected chi connectivity index (χ1v) is 5.93. The summed E-state index contributed by atoms with van der Waals surface area (Å²) in [5.74, 6) is 0. The van der Waals surface area contributed by atoms with E-state index in [1.54, 1.807) is 0 Å². The van der Waals surface area contributed by atoms with Gasteiger partial charge in [-0.2, -0.15) is 5.10 Å². The van der Waals surface area contributed by atoms with Crippen molar-refractivity contribution in [2.45, 2.75) is 27.3 Å². The van der Waals surface area contributed by atoms with Crippen LogP contribution in [0.4, 0.5) is 0 Å². The third kappa shape index (κ3) is 2.21. The van der Waals surface area contributed by atoms with Gasteiger partial charge < -0.3 is 5.73 Å². The minimum atomic E-state index is 0.494. The van der Waals surface area contributed by atoms with E-state index >= 15 is 0 Å². The van der Waals surface area contributed by atoms with Gasteiger partial charge in [0.1, 0.15) is 0 Å². The van der Waals surface area contributed by atoms with Crippen LogP contribution in [0.25, 0.3) is 5.69 Å². The van der Waals surface area contributed by atoms with Crippen LogP contribution < -0.4 is 5.73 Å². The molecule has 2 aromatic rings. The lowest BCUT2D eigenvalue weighted by molar-refractivity contribution is 0.855. The summed E-state index contributed by atoms with van der Waals surface area (Å²) in [5, 5.41) is 5.17. The third-order valence-electron chi connectivity index (χ3n) is 2.85. The molecule has 1 heterocycles. The maximum Gasteiger partial charge on any atom is 0.0861 e. The molecular formula is C13H16ClN3. The summed E-state index contributed by atoms with van der Waals surface area (Å²) in [6, 6.07) is 4.05. The zero-order valence-electron chi connectivity index (χ0n) is 10.3. The van der Waals surface area contributed by atoms with Crippen LogP contribution in [-0.4, -0.2) is 9.78 Å². The van der Waals surface area contributed by atoms with Gasteiger partial charge in [0.05, 0.1) is 16.4 Å². The molecule has 0 radical (unpaired) electrons. The summed E-state index contributed by atoms with van der Waals surface area (Å²) >= 11 is 6.28. The summed E-state index contributed by atoms with van der Waals surface area (Å²) in [6.45, 7) is 6.51. The van der Waals surface area contributed by atoms with Gasteiger partial charge in [-0.05, 0) is 38.0 Å². The SMILES string of the molecule is Cc1cc(C)c(-n2cc(CN)c(C)n2)c(Cl)c1. The summed E-state index contributed by atoms with van der Waals surface area (Å²) in [6.07, 6.45) is 1.94. The average Bonchev–Trinajstić information content (AvgIpc) is 2.57. The van der Waals surface area contributed by atoms with E-state index in [2.05, 4.69) is 11.2 Å². The van der Waals surface area contributed by atoms with Crippen molar-refractivity contribution in [3.8, 4) is 5.69 Å². The maximum atomic E-state index is 6.28. The molecule has 0 saturated carbocycles. The molecule has 1 aromatic heterocycles. The molecule has 0 bridgehead atoms. The molecule has 0 aliphatic rings. The molecule has 0 unspecified atom stereocenters. The Kier molecular flexibility index (Phi) is 3.22. The number of halogens is 1. The molecule has 90 valence electrons. The van der Waals surface area contributed by atoms with Gasteiger partial charge in [0, 0.05) is 18.3 Å². The highest BCUT2D eigenvalue weighted by Crippen LogP contribution is 2.26. The average molecular weight is 250 g/mol. The molecule has 0 fully saturated rings. The lowest BCUT2D eigenvalue weighted by Crippen LogP contribution is -2.00. The second-order valence-electron chi connectivity index (χ2n) is 4.30. The first kappa shape index (κ1) is 12.1. The smallest absolute Gasteiger partial charge is 0.0861 e. The van der Waals surface area contributed by atoms with Crippen LogP contribution in [0.1, 0.15) is 22.4 Å². The van der Waals surface area contributed by atoms with Gasteiger partial charge in [-0.3, -0.25) is 0 Å². The highest BCUT2D eigenvalue weighted by atomic mass is 35.5. The molecule has 0 saturated heterocycles. The van der Waals surface area contributed by atoms with Gasteiger partial charge >= 0.3 is 0 Å². The van der Waals surface area contributed by atoms with E-state index in [0.717, 1.165) is 28.1 Å². The number of hydrogen-bond acceptors (Lipinski definition) is 2. The summed E-state index contributed by atoms with van der Waals surface area (Å²) in [5.41, 5.74) is 10.8. The van der Waals surface area contributed by atoms with E-state index in [1.807, 2.05) is 37.7 Å². The zero-order chi connectivity index (χ0) is 12.6. The van der Waals surface area contributed by atoms with Gasteiger partial charge in [-0.1, -0.05) is 17.7 Å². The normalized spacial score (nSPS) is 10.9. The van der Waals surface area contributed by atoms with Crippen LogP contribution in [-0.2, 0) is 6.54 Å². The van der Waals surface area contributed by atoms with Gasteiger partial charge in [0.2, 0.25) is 0 Å². The lowest BCUT2D eigenvalue weighted by Gasteiger charge is -2.09. The molecule has 17 heavy (non-hydrogen) atoms. The van der Waals surface area contributed by atoms with Crippen LogP contribution in [0, 0.1) is 20.8 Å². The van der Waals surface area contributed by atoms with Crippen molar-refractivity contribution in [1.29, 1.82) is 0 Å². The Morgan fingerprint density at radius 2 is 2.00 bits per heavy atom. The number of benzene rings is 1. The third-order valence-corrected chi connectivity index (χ3v) is 3.14. The van der Waals surface area contributed by atoms with Crippen molar-refractivity contribution >= 4 is 11.6 Å². The van der Waals surface area contributed by atoms with Crippen LogP contribution in [0.3, 0.4) is 0 Å². The number of nitrogens with zero attached hydrogens (tertiary/aromatic N) is 2. The van der Waals surface area contributed by atoms with Crippen LogP contribution in [0.2, 0.25) is 5.02 Å². The van der Waals surface area contributed by atoms with Crippen molar-refractivity contribution in [2.75, 3.05) is 0 Å². The van der Waals surface area contributed by atoms with Crippen LogP contribution >= 0.6 is 11.6 Å². The van der Waals surface area contributed by atoms with E-state index < -0.39 is 0 Å². The molecule has 1 aromatic carbocycles. The van der Waals surface area contributed by atoms with E-state index in [9.17, 15) is 0 Å². The molecule has 0 atom stereocenters. The van der Waals surface area contributed by atoms with Crippen molar-refractivity contribution < 1.29 is 0 Å². The quantitative estimate of drug-likeness (QED) is 0.890. The Morgan fingerprint density at radius 1 is 1.29 bits per heavy atom. The minimum absolute atomic E-state index is 0.494. The van der Waals surface area contributed by atoms with Crippen molar-refractivity contribution in [2.24, 2.45) is 5.73 Å². The Morgan fingerprint density at radius 3 is 2.53 bits per heavy atom. The molecule has 0 aliphatic carbocycles. The highest BCUT2D eigenvalue weighted by Gasteiger charge is 2.11. The fourth-order valence-corrected chi connectivity index (χ4v) is 2.42. The number of nitrogens with two attached hydrogens (primary N) is 1. The molecule has 0 aliphatic heterocycles. The fourth-order valence-electron chi connectivity index (χ4n) is 2.01. The molecule has 4 heteroatoms. The van der Waals surface area contributed by atoms with Crippen LogP contribution in [0.15, 0.2) is 18.3 Å². The summed E-state index contributed by atoms with van der Waals surface area (Å²) < 4.78 is 1.81. The second-order valence-corrected chi connectivity index (χ2v) is 4.71. The van der Waals surface area contributed by atoms with Crippen molar-refractivity contribution in [1.82, 2.24) is 9.78 Å². The Balaban J connectivity index is 2.60. The van der Waals surface area contributed by atoms with E-state index in [4.69, 9.17) is 17.3 Å². The molecule has 0 amide bonds. The number of hydrogen-bond donors (Lipinski definition) is 1. The Hall–Kier alpha value is -1.32. The highest BCUT2D eigenvalue weighted by molar-refractivity contribution is 6.32. The molecule has 2 N–H and O–H groups in total. The molecule has 2 rings (SSSR count). The number of aryl methyl sites for hydroxylation is 3. The van der Waals surface area contributed by atoms with Gasteiger partial charge in [0.25, 0.3) is 0 Å². The largest absolute Gasteiger partial charge is 0.326 e. The van der Waals surface area contributed by atoms with E-state index in [0.29, 0.717) is 11.6 Å². The molecule has 0 spiro atoms. The summed E-state index contributed by atoms with van der Waals surface area (Å²) in [4.78, 5) is 0. The second kappa shape index (κ2) is 4.51. The Bertz CT molecular complexity index is 535. The maximum absolute atomic E-state index is 6.28. The van der Waals surface area contributed by atoms with Crippen LogP contribution in [0.5, 0.6) is 0 Å².